The third kappa shape index (κ3) is 2.41. The number of aromatic nitrogens is 1. The lowest BCUT2D eigenvalue weighted by Gasteiger charge is -2.07. The van der Waals surface area contributed by atoms with Gasteiger partial charge in [0.25, 0.3) is 0 Å². The van der Waals surface area contributed by atoms with Gasteiger partial charge in [-0.05, 0) is 47.3 Å². The normalized spacial score (nSPS) is 10.7. The lowest BCUT2D eigenvalue weighted by atomic mass is 10.1. The molecular formula is C15H13BrN2. The minimum Gasteiger partial charge on any atom is -0.381 e. The molecule has 3 aromatic rings. The molecule has 0 saturated carbocycles. The Bertz CT molecular complexity index is 673. The van der Waals surface area contributed by atoms with E-state index in [-0.39, 0.29) is 0 Å². The molecule has 3 rings (SSSR count). The Morgan fingerprint density at radius 3 is 2.89 bits per heavy atom. The van der Waals surface area contributed by atoms with Crippen molar-refractivity contribution in [2.75, 3.05) is 5.32 Å². The topological polar surface area (TPSA) is 27.8 Å². The SMILES string of the molecule is Brc1cccc(NCc2ccc3[nH]ccc3c2)c1. The van der Waals surface area contributed by atoms with E-state index in [1.54, 1.807) is 0 Å². The predicted octanol–water partition coefficient (Wildman–Crippen LogP) is 4.54. The van der Waals surface area contributed by atoms with Crippen LogP contribution in [0.25, 0.3) is 10.9 Å². The van der Waals surface area contributed by atoms with Crippen molar-refractivity contribution in [1.29, 1.82) is 0 Å². The first-order valence-corrected chi connectivity index (χ1v) is 6.66. The maximum absolute atomic E-state index is 3.47. The first-order chi connectivity index (χ1) is 8.81. The van der Waals surface area contributed by atoms with Gasteiger partial charge in [0.05, 0.1) is 0 Å². The largest absolute Gasteiger partial charge is 0.381 e. The summed E-state index contributed by atoms with van der Waals surface area (Å²) in [5.74, 6) is 0. The van der Waals surface area contributed by atoms with Crippen molar-refractivity contribution in [2.24, 2.45) is 0 Å². The number of nitrogens with one attached hydrogen (secondary N) is 2. The average molecular weight is 301 g/mol. The van der Waals surface area contributed by atoms with Crippen molar-refractivity contribution in [3.8, 4) is 0 Å². The average Bonchev–Trinajstić information content (AvgIpc) is 2.84. The van der Waals surface area contributed by atoms with Gasteiger partial charge in [-0.25, -0.2) is 0 Å². The molecule has 0 atom stereocenters. The van der Waals surface area contributed by atoms with Crippen LogP contribution in [0.4, 0.5) is 5.69 Å². The Hall–Kier alpha value is -1.74. The van der Waals surface area contributed by atoms with Crippen LogP contribution in [0.2, 0.25) is 0 Å². The molecule has 2 aromatic carbocycles. The summed E-state index contributed by atoms with van der Waals surface area (Å²) in [5, 5.41) is 4.67. The maximum Gasteiger partial charge on any atom is 0.0454 e. The van der Waals surface area contributed by atoms with Crippen LogP contribution in [-0.4, -0.2) is 4.98 Å². The van der Waals surface area contributed by atoms with Gasteiger partial charge < -0.3 is 10.3 Å². The van der Waals surface area contributed by atoms with Crippen LogP contribution < -0.4 is 5.32 Å². The third-order valence-electron chi connectivity index (χ3n) is 2.94. The first kappa shape index (κ1) is 11.4. The highest BCUT2D eigenvalue weighted by atomic mass is 79.9. The Morgan fingerprint density at radius 2 is 2.00 bits per heavy atom. The highest BCUT2D eigenvalue weighted by molar-refractivity contribution is 9.10. The minimum absolute atomic E-state index is 0.831. The molecule has 0 saturated heterocycles. The van der Waals surface area contributed by atoms with Crippen LogP contribution in [0.5, 0.6) is 0 Å². The standard InChI is InChI=1S/C15H13BrN2/c16-13-2-1-3-14(9-13)18-10-11-4-5-15-12(8-11)6-7-17-15/h1-9,17-18H,10H2. The quantitative estimate of drug-likeness (QED) is 0.730. The second-order valence-electron chi connectivity index (χ2n) is 4.26. The van der Waals surface area contributed by atoms with E-state index in [1.165, 1.54) is 16.5 Å². The number of hydrogen-bond donors (Lipinski definition) is 2. The number of H-pyrrole nitrogens is 1. The lowest BCUT2D eigenvalue weighted by molar-refractivity contribution is 1.15. The molecule has 0 bridgehead atoms. The molecule has 1 heterocycles. The maximum atomic E-state index is 3.47. The molecule has 0 spiro atoms. The highest BCUT2D eigenvalue weighted by Gasteiger charge is 1.98. The summed E-state index contributed by atoms with van der Waals surface area (Å²) < 4.78 is 1.09. The fourth-order valence-corrected chi connectivity index (χ4v) is 2.41. The van der Waals surface area contributed by atoms with E-state index in [9.17, 15) is 0 Å². The number of benzene rings is 2. The molecule has 18 heavy (non-hydrogen) atoms. The zero-order valence-electron chi connectivity index (χ0n) is 9.78. The van der Waals surface area contributed by atoms with Crippen molar-refractivity contribution in [2.45, 2.75) is 6.54 Å². The monoisotopic (exact) mass is 300 g/mol. The Labute approximate surface area is 114 Å². The van der Waals surface area contributed by atoms with Crippen molar-refractivity contribution in [1.82, 2.24) is 4.98 Å². The number of fused-ring (bicyclic) bond motifs is 1. The zero-order chi connectivity index (χ0) is 12.4. The molecule has 0 radical (unpaired) electrons. The van der Waals surface area contributed by atoms with Gasteiger partial charge >= 0.3 is 0 Å². The number of halogens is 1. The number of anilines is 1. The Morgan fingerprint density at radius 1 is 1.06 bits per heavy atom. The number of aromatic amines is 1. The number of rotatable bonds is 3. The smallest absolute Gasteiger partial charge is 0.0454 e. The predicted molar refractivity (Wildman–Crippen MR) is 79.8 cm³/mol. The van der Waals surface area contributed by atoms with Crippen molar-refractivity contribution >= 4 is 32.5 Å². The summed E-state index contributed by atoms with van der Waals surface area (Å²) in [7, 11) is 0. The fraction of sp³-hybridized carbons (Fsp3) is 0.0667. The van der Waals surface area contributed by atoms with E-state index in [0.717, 1.165) is 16.7 Å². The Balaban J connectivity index is 1.76. The summed E-state index contributed by atoms with van der Waals surface area (Å²) in [6.07, 6.45) is 1.97. The van der Waals surface area contributed by atoms with Gasteiger partial charge in [-0.1, -0.05) is 28.1 Å². The van der Waals surface area contributed by atoms with E-state index < -0.39 is 0 Å². The van der Waals surface area contributed by atoms with Gasteiger partial charge in [0.15, 0.2) is 0 Å². The van der Waals surface area contributed by atoms with Crippen molar-refractivity contribution in [3.63, 3.8) is 0 Å². The summed E-state index contributed by atoms with van der Waals surface area (Å²) in [5.41, 5.74) is 3.59. The van der Waals surface area contributed by atoms with E-state index in [1.807, 2.05) is 18.3 Å². The second kappa shape index (κ2) is 4.86. The van der Waals surface area contributed by atoms with Gasteiger partial charge in [-0.2, -0.15) is 0 Å². The molecule has 0 fully saturated rings. The fourth-order valence-electron chi connectivity index (χ4n) is 2.02. The van der Waals surface area contributed by atoms with Gasteiger partial charge in [-0.3, -0.25) is 0 Å². The lowest BCUT2D eigenvalue weighted by Crippen LogP contribution is -1.98. The van der Waals surface area contributed by atoms with Gasteiger partial charge in [0, 0.05) is 28.4 Å². The molecular weight excluding hydrogens is 288 g/mol. The first-order valence-electron chi connectivity index (χ1n) is 5.87. The molecule has 0 aliphatic carbocycles. The van der Waals surface area contributed by atoms with E-state index in [4.69, 9.17) is 0 Å². The second-order valence-corrected chi connectivity index (χ2v) is 5.18. The summed E-state index contributed by atoms with van der Waals surface area (Å²) in [6, 6.07) is 16.8. The van der Waals surface area contributed by atoms with Gasteiger partial charge in [0.2, 0.25) is 0 Å². The van der Waals surface area contributed by atoms with Crippen LogP contribution in [0.1, 0.15) is 5.56 Å². The molecule has 0 amide bonds. The van der Waals surface area contributed by atoms with Crippen molar-refractivity contribution < 1.29 is 0 Å². The van der Waals surface area contributed by atoms with Crippen LogP contribution >= 0.6 is 15.9 Å². The summed E-state index contributed by atoms with van der Waals surface area (Å²) in [4.78, 5) is 3.20. The van der Waals surface area contributed by atoms with Crippen molar-refractivity contribution in [3.05, 3.63) is 64.8 Å². The zero-order valence-corrected chi connectivity index (χ0v) is 11.4. The summed E-state index contributed by atoms with van der Waals surface area (Å²) >= 11 is 3.47. The number of hydrogen-bond acceptors (Lipinski definition) is 1. The molecule has 0 unspecified atom stereocenters. The van der Waals surface area contributed by atoms with E-state index in [0.29, 0.717) is 0 Å². The molecule has 0 aliphatic heterocycles. The van der Waals surface area contributed by atoms with Crippen LogP contribution in [0.15, 0.2) is 59.2 Å². The Kier molecular flexibility index (Phi) is 3.07. The van der Waals surface area contributed by atoms with E-state index in [2.05, 4.69) is 62.6 Å². The minimum atomic E-state index is 0.831. The third-order valence-corrected chi connectivity index (χ3v) is 3.43. The van der Waals surface area contributed by atoms with Crippen LogP contribution in [0, 0.1) is 0 Å². The van der Waals surface area contributed by atoms with E-state index >= 15 is 0 Å². The van der Waals surface area contributed by atoms with Crippen LogP contribution in [-0.2, 0) is 6.54 Å². The molecule has 90 valence electrons. The summed E-state index contributed by atoms with van der Waals surface area (Å²) in [6.45, 7) is 0.831. The van der Waals surface area contributed by atoms with Crippen LogP contribution in [0.3, 0.4) is 0 Å². The molecule has 1 aromatic heterocycles. The molecule has 3 heteroatoms. The molecule has 0 aliphatic rings. The van der Waals surface area contributed by atoms with Gasteiger partial charge in [-0.15, -0.1) is 0 Å². The molecule has 2 nitrogen and oxygen atoms in total. The van der Waals surface area contributed by atoms with Gasteiger partial charge in [0.1, 0.15) is 0 Å². The molecule has 2 N–H and O–H groups in total. The highest BCUT2D eigenvalue weighted by Crippen LogP contribution is 2.18.